The van der Waals surface area contributed by atoms with E-state index in [0.717, 1.165) is 22.3 Å². The van der Waals surface area contributed by atoms with Crippen LogP contribution in [0.3, 0.4) is 0 Å². The molecule has 0 saturated carbocycles. The van der Waals surface area contributed by atoms with E-state index in [4.69, 9.17) is 11.5 Å². The summed E-state index contributed by atoms with van der Waals surface area (Å²) in [6, 6.07) is 11.4. The van der Waals surface area contributed by atoms with E-state index in [9.17, 15) is 48.6 Å². The molecule has 3 heterocycles. The Hall–Kier alpha value is -5.30. The second-order valence-corrected chi connectivity index (χ2v) is 15.0. The molecule has 328 valence electrons. The Bertz CT molecular complexity index is 1740. The lowest BCUT2D eigenvalue weighted by Gasteiger charge is -2.30. The van der Waals surface area contributed by atoms with Crippen LogP contribution in [0.15, 0.2) is 48.5 Å². The molecule has 3 saturated heterocycles. The number of nitrogens with zero attached hydrogens (tertiary/aromatic N) is 4. The summed E-state index contributed by atoms with van der Waals surface area (Å²) in [5.74, 6) is -5.07. The summed E-state index contributed by atoms with van der Waals surface area (Å²) < 4.78 is 0. The summed E-state index contributed by atoms with van der Waals surface area (Å²) >= 11 is 0. The molecular formula is C40H54Cl2N8O10. The van der Waals surface area contributed by atoms with Crippen LogP contribution in [0.1, 0.15) is 60.8 Å². The molecule has 5 rings (SSSR count). The van der Waals surface area contributed by atoms with Crippen molar-refractivity contribution in [1.82, 2.24) is 30.2 Å². The highest BCUT2D eigenvalue weighted by molar-refractivity contribution is 5.90. The van der Waals surface area contributed by atoms with Gasteiger partial charge in [0.2, 0.25) is 35.4 Å². The van der Waals surface area contributed by atoms with E-state index in [1.54, 1.807) is 0 Å². The summed E-state index contributed by atoms with van der Waals surface area (Å²) in [5, 5.41) is 25.1. The summed E-state index contributed by atoms with van der Waals surface area (Å²) in [6.45, 7) is -0.179. The SMILES string of the molecule is Cl.Cl.NCc1ccc(CCC(=O)N2CC(NC(=O)CN3CCC(=O)N(CC(=O)NC4CC(C(=O)O)N(C(=O)CCc5ccc(CN)cc5)C4)CCC3=O)CC2C(=O)O)cc1. The molecule has 8 N–H and O–H groups in total. The Labute approximate surface area is 360 Å². The first kappa shape index (κ1) is 49.1. The number of carboxylic acid groups (broad SMARTS) is 2. The Morgan fingerprint density at radius 3 is 1.23 bits per heavy atom. The lowest BCUT2D eigenvalue weighted by Crippen LogP contribution is -2.50. The van der Waals surface area contributed by atoms with Gasteiger partial charge in [0.25, 0.3) is 0 Å². The van der Waals surface area contributed by atoms with Crippen LogP contribution in [-0.2, 0) is 64.3 Å². The van der Waals surface area contributed by atoms with E-state index >= 15 is 0 Å². The van der Waals surface area contributed by atoms with E-state index in [2.05, 4.69) is 10.6 Å². The van der Waals surface area contributed by atoms with Crippen molar-refractivity contribution in [2.24, 2.45) is 11.5 Å². The zero-order valence-electron chi connectivity index (χ0n) is 33.2. The molecule has 0 spiro atoms. The summed E-state index contributed by atoms with van der Waals surface area (Å²) in [7, 11) is 0. The summed E-state index contributed by atoms with van der Waals surface area (Å²) in [5.41, 5.74) is 15.0. The molecule has 2 aromatic rings. The zero-order chi connectivity index (χ0) is 41.9. The van der Waals surface area contributed by atoms with Crippen molar-refractivity contribution in [3.8, 4) is 0 Å². The van der Waals surface area contributed by atoms with Crippen molar-refractivity contribution in [1.29, 1.82) is 0 Å². The van der Waals surface area contributed by atoms with Crippen molar-refractivity contribution in [2.45, 2.75) is 88.6 Å². The number of halogens is 2. The number of rotatable bonds is 16. The molecule has 0 aromatic heterocycles. The van der Waals surface area contributed by atoms with Gasteiger partial charge in [-0.05, 0) is 35.1 Å². The number of amides is 6. The molecule has 60 heavy (non-hydrogen) atoms. The maximum absolute atomic E-state index is 13.1. The maximum Gasteiger partial charge on any atom is 0.326 e. The minimum atomic E-state index is -1.19. The Balaban J connectivity index is 0.00000480. The third-order valence-electron chi connectivity index (χ3n) is 10.9. The van der Waals surface area contributed by atoms with E-state index < -0.39 is 59.7 Å². The highest BCUT2D eigenvalue weighted by Crippen LogP contribution is 2.22. The summed E-state index contributed by atoms with van der Waals surface area (Å²) in [4.78, 5) is 107. The molecule has 0 radical (unpaired) electrons. The number of aryl methyl sites for hydroxylation is 2. The first-order valence-corrected chi connectivity index (χ1v) is 19.5. The van der Waals surface area contributed by atoms with Crippen molar-refractivity contribution in [3.63, 3.8) is 0 Å². The van der Waals surface area contributed by atoms with Crippen LogP contribution in [-0.4, -0.2) is 141 Å². The fourth-order valence-electron chi connectivity index (χ4n) is 7.63. The van der Waals surface area contributed by atoms with Gasteiger partial charge < -0.3 is 51.9 Å². The Morgan fingerprint density at radius 1 is 0.583 bits per heavy atom. The lowest BCUT2D eigenvalue weighted by molar-refractivity contribution is -0.148. The number of carboxylic acids is 2. The Morgan fingerprint density at radius 2 is 0.917 bits per heavy atom. The second kappa shape index (κ2) is 22.9. The van der Waals surface area contributed by atoms with Crippen LogP contribution in [0.4, 0.5) is 0 Å². The van der Waals surface area contributed by atoms with Crippen LogP contribution < -0.4 is 22.1 Å². The number of carbonyl (C=O) groups excluding carboxylic acids is 6. The highest BCUT2D eigenvalue weighted by Gasteiger charge is 2.41. The van der Waals surface area contributed by atoms with Gasteiger partial charge in [0.1, 0.15) is 12.1 Å². The van der Waals surface area contributed by atoms with Crippen LogP contribution in [0.5, 0.6) is 0 Å². The molecule has 18 nitrogen and oxygen atoms in total. The first-order valence-electron chi connectivity index (χ1n) is 19.5. The van der Waals surface area contributed by atoms with Crippen LogP contribution in [0.25, 0.3) is 0 Å². The number of carbonyl (C=O) groups is 8. The number of hydrogen-bond acceptors (Lipinski definition) is 10. The van der Waals surface area contributed by atoms with Gasteiger partial charge in [0.15, 0.2) is 0 Å². The molecule has 6 amide bonds. The smallest absolute Gasteiger partial charge is 0.326 e. The predicted octanol–water partition coefficient (Wildman–Crippen LogP) is -0.195. The molecule has 2 aromatic carbocycles. The maximum atomic E-state index is 13.1. The minimum absolute atomic E-state index is 0. The lowest BCUT2D eigenvalue weighted by atomic mass is 10.1. The van der Waals surface area contributed by atoms with Crippen LogP contribution >= 0.6 is 24.8 Å². The fraction of sp³-hybridized carbons (Fsp3) is 0.500. The minimum Gasteiger partial charge on any atom is -0.480 e. The van der Waals surface area contributed by atoms with Crippen molar-refractivity contribution < 1.29 is 48.6 Å². The van der Waals surface area contributed by atoms with Crippen molar-refractivity contribution in [2.75, 3.05) is 39.3 Å². The third-order valence-corrected chi connectivity index (χ3v) is 10.9. The van der Waals surface area contributed by atoms with Crippen LogP contribution in [0, 0.1) is 0 Å². The molecule has 0 bridgehead atoms. The van der Waals surface area contributed by atoms with E-state index in [0.29, 0.717) is 25.9 Å². The van der Waals surface area contributed by atoms with Gasteiger partial charge in [-0.3, -0.25) is 28.8 Å². The number of hydrogen-bond donors (Lipinski definition) is 6. The molecule has 3 aliphatic heterocycles. The second-order valence-electron chi connectivity index (χ2n) is 15.0. The first-order chi connectivity index (χ1) is 27.7. The molecule has 0 aliphatic carbocycles. The average Bonchev–Trinajstić information content (AvgIpc) is 3.84. The number of likely N-dealkylation sites (tertiary alicyclic amines) is 2. The molecule has 4 atom stereocenters. The predicted molar refractivity (Wildman–Crippen MR) is 222 cm³/mol. The van der Waals surface area contributed by atoms with Gasteiger partial charge in [-0.2, -0.15) is 0 Å². The zero-order valence-corrected chi connectivity index (χ0v) is 34.8. The van der Waals surface area contributed by atoms with E-state index in [1.807, 2.05) is 48.5 Å². The van der Waals surface area contributed by atoms with E-state index in [-0.39, 0.29) is 114 Å². The Kier molecular flexibility index (Phi) is 18.7. The molecule has 20 heteroatoms. The fourth-order valence-corrected chi connectivity index (χ4v) is 7.63. The van der Waals surface area contributed by atoms with E-state index in [1.165, 1.54) is 19.6 Å². The monoisotopic (exact) mass is 876 g/mol. The van der Waals surface area contributed by atoms with Gasteiger partial charge in [-0.1, -0.05) is 48.5 Å². The van der Waals surface area contributed by atoms with Crippen LogP contribution in [0.2, 0.25) is 0 Å². The van der Waals surface area contributed by atoms with Crippen molar-refractivity contribution >= 4 is 72.2 Å². The molecular weight excluding hydrogens is 823 g/mol. The van der Waals surface area contributed by atoms with Gasteiger partial charge in [0.05, 0.1) is 13.1 Å². The molecule has 3 aliphatic rings. The highest BCUT2D eigenvalue weighted by atomic mass is 35.5. The van der Waals surface area contributed by atoms with Gasteiger partial charge in [-0.15, -0.1) is 24.8 Å². The standard InChI is InChI=1S/C40H52N8O10.2ClH/c41-19-27-5-1-25(2-6-27)9-11-37(53)47-21-29(17-31(47)39(55)56)43-33(49)23-45-15-13-36(52)46(16-14-35(45)51)24-34(50)44-30-18-32(40(57)58)48(22-30)38(54)12-10-26-3-7-28(20-42)8-4-26;;/h1-8,29-32H,9-24,41-42H2,(H,43,49)(H,44,50)(H,55,56)(H,57,58);2*1H. The third kappa shape index (κ3) is 13.4. The number of aliphatic carboxylic acids is 2. The number of benzene rings is 2. The van der Waals surface area contributed by atoms with Crippen molar-refractivity contribution in [3.05, 3.63) is 70.8 Å². The molecule has 4 unspecified atom stereocenters. The number of nitrogens with two attached hydrogens (primary N) is 2. The normalized spacial score (nSPS) is 20.4. The topological polar surface area (TPSA) is 266 Å². The molecule has 3 fully saturated rings. The number of nitrogens with one attached hydrogen (secondary N) is 2. The van der Waals surface area contributed by atoms with Gasteiger partial charge >= 0.3 is 11.9 Å². The van der Waals surface area contributed by atoms with Gasteiger partial charge in [0, 0.05) is 89.9 Å². The largest absolute Gasteiger partial charge is 0.480 e. The quantitative estimate of drug-likeness (QED) is 0.128. The van der Waals surface area contributed by atoms with Gasteiger partial charge in [-0.25, -0.2) is 9.59 Å². The summed E-state index contributed by atoms with van der Waals surface area (Å²) in [6.07, 6.45) is 0.634. The average molecular weight is 878 g/mol.